The molecule has 2 heterocycles. The molecule has 3 aromatic rings. The predicted molar refractivity (Wildman–Crippen MR) is 113 cm³/mol. The molecule has 7 nitrogen and oxygen atoms in total. The van der Waals surface area contributed by atoms with E-state index < -0.39 is 55.0 Å². The van der Waals surface area contributed by atoms with Crippen LogP contribution in [-0.4, -0.2) is 42.6 Å². The number of benzene rings is 1. The standard InChI is InChI=1S/C22H18F5N3O4S/c1-12-8-18(21(32)28-6-7-31)29-11-16(12)20(15-9-13(23)2-4-17(15)24)35(33,34)14-3-5-19(30-10-14)22(25,26)27/h2-5,8-11,20,31H,6-7H2,1H3,(H,28,32). The van der Waals surface area contributed by atoms with Crippen molar-refractivity contribution in [3.8, 4) is 0 Å². The Labute approximate surface area is 196 Å². The van der Waals surface area contributed by atoms with Crippen molar-refractivity contribution >= 4 is 15.7 Å². The lowest BCUT2D eigenvalue weighted by atomic mass is 10.0. The van der Waals surface area contributed by atoms with E-state index in [1.165, 1.54) is 13.0 Å². The van der Waals surface area contributed by atoms with Gasteiger partial charge >= 0.3 is 6.18 Å². The van der Waals surface area contributed by atoms with Gasteiger partial charge in [0.25, 0.3) is 5.91 Å². The molecule has 0 aliphatic heterocycles. The van der Waals surface area contributed by atoms with Crippen molar-refractivity contribution in [1.82, 2.24) is 15.3 Å². The van der Waals surface area contributed by atoms with Crippen LogP contribution in [0.15, 0.2) is 53.7 Å². The Morgan fingerprint density at radius 3 is 2.34 bits per heavy atom. The van der Waals surface area contributed by atoms with E-state index in [0.29, 0.717) is 24.4 Å². The number of rotatable bonds is 7. The van der Waals surface area contributed by atoms with E-state index in [2.05, 4.69) is 15.3 Å². The normalized spacial score (nSPS) is 12.9. The maximum atomic E-state index is 14.7. The van der Waals surface area contributed by atoms with E-state index in [4.69, 9.17) is 5.11 Å². The summed E-state index contributed by atoms with van der Waals surface area (Å²) in [4.78, 5) is 18.5. The van der Waals surface area contributed by atoms with Crippen LogP contribution in [-0.2, 0) is 16.0 Å². The third-order valence-corrected chi connectivity index (χ3v) is 7.00. The minimum absolute atomic E-state index is 0.0618. The number of nitrogens with one attached hydrogen (secondary N) is 1. The molecule has 35 heavy (non-hydrogen) atoms. The van der Waals surface area contributed by atoms with Gasteiger partial charge in [-0.15, -0.1) is 0 Å². The largest absolute Gasteiger partial charge is 0.433 e. The summed E-state index contributed by atoms with van der Waals surface area (Å²) in [5.74, 6) is -2.70. The first-order valence-electron chi connectivity index (χ1n) is 9.94. The molecule has 0 fully saturated rings. The molecule has 0 saturated heterocycles. The Balaban J connectivity index is 2.18. The molecular weight excluding hydrogens is 497 g/mol. The fourth-order valence-electron chi connectivity index (χ4n) is 3.29. The lowest BCUT2D eigenvalue weighted by Gasteiger charge is -2.21. The number of halogens is 5. The van der Waals surface area contributed by atoms with Gasteiger partial charge in [0.15, 0.2) is 9.84 Å². The topological polar surface area (TPSA) is 109 Å². The molecule has 1 unspecified atom stereocenters. The van der Waals surface area contributed by atoms with Crippen LogP contribution < -0.4 is 5.32 Å². The number of aliphatic hydroxyl groups is 1. The quantitative estimate of drug-likeness (QED) is 0.467. The van der Waals surface area contributed by atoms with Gasteiger partial charge in [0, 0.05) is 24.5 Å². The summed E-state index contributed by atoms with van der Waals surface area (Å²) < 4.78 is 94.4. The molecule has 186 valence electrons. The zero-order valence-corrected chi connectivity index (χ0v) is 18.8. The fourth-order valence-corrected chi connectivity index (χ4v) is 5.12. The van der Waals surface area contributed by atoms with Crippen molar-refractivity contribution in [3.63, 3.8) is 0 Å². The number of hydrogen-bond acceptors (Lipinski definition) is 6. The van der Waals surface area contributed by atoms with Crippen LogP contribution in [0, 0.1) is 18.6 Å². The molecule has 3 rings (SSSR count). The summed E-state index contributed by atoms with van der Waals surface area (Å²) >= 11 is 0. The average Bonchev–Trinajstić information content (AvgIpc) is 2.80. The van der Waals surface area contributed by atoms with Gasteiger partial charge in [-0.05, 0) is 54.4 Å². The number of pyridine rings is 2. The van der Waals surface area contributed by atoms with E-state index in [1.807, 2.05) is 0 Å². The summed E-state index contributed by atoms with van der Waals surface area (Å²) in [6.45, 7) is 1.02. The molecule has 0 radical (unpaired) electrons. The second kappa shape index (κ2) is 10.0. The second-order valence-corrected chi connectivity index (χ2v) is 9.41. The van der Waals surface area contributed by atoms with Crippen LogP contribution in [0.25, 0.3) is 0 Å². The van der Waals surface area contributed by atoms with Gasteiger partial charge in [-0.3, -0.25) is 14.8 Å². The molecule has 0 saturated carbocycles. The summed E-state index contributed by atoms with van der Waals surface area (Å²) in [5.41, 5.74) is -2.04. The van der Waals surface area contributed by atoms with E-state index >= 15 is 0 Å². The Hall–Kier alpha value is -3.45. The van der Waals surface area contributed by atoms with Crippen LogP contribution >= 0.6 is 0 Å². The number of sulfone groups is 1. The van der Waals surface area contributed by atoms with Crippen molar-refractivity contribution in [3.05, 3.63) is 88.5 Å². The Morgan fingerprint density at radius 2 is 1.77 bits per heavy atom. The number of aryl methyl sites for hydroxylation is 1. The van der Waals surface area contributed by atoms with Gasteiger partial charge in [0.1, 0.15) is 28.3 Å². The molecular formula is C22H18F5N3O4S. The van der Waals surface area contributed by atoms with E-state index in [-0.39, 0.29) is 30.0 Å². The number of carbonyl (C=O) groups is 1. The average molecular weight is 515 g/mol. The van der Waals surface area contributed by atoms with Gasteiger partial charge in [-0.25, -0.2) is 17.2 Å². The molecule has 0 aliphatic carbocycles. The number of carbonyl (C=O) groups excluding carboxylic acids is 1. The van der Waals surface area contributed by atoms with Crippen molar-refractivity contribution < 1.29 is 40.3 Å². The van der Waals surface area contributed by atoms with Crippen molar-refractivity contribution in [2.45, 2.75) is 23.2 Å². The lowest BCUT2D eigenvalue weighted by Crippen LogP contribution is -2.27. The van der Waals surface area contributed by atoms with Crippen LogP contribution in [0.3, 0.4) is 0 Å². The van der Waals surface area contributed by atoms with Gasteiger partial charge in [0.2, 0.25) is 0 Å². The first-order valence-corrected chi connectivity index (χ1v) is 11.5. The summed E-state index contributed by atoms with van der Waals surface area (Å²) in [6, 6.07) is 4.52. The van der Waals surface area contributed by atoms with Crippen LogP contribution in [0.1, 0.15) is 38.1 Å². The van der Waals surface area contributed by atoms with Gasteiger partial charge in [0.05, 0.1) is 11.5 Å². The SMILES string of the molecule is Cc1cc(C(=O)NCCO)ncc1C(c1cc(F)ccc1F)S(=O)(=O)c1ccc(C(F)(F)F)nc1. The molecule has 0 aliphatic rings. The number of nitrogens with zero attached hydrogens (tertiary/aromatic N) is 2. The Morgan fingerprint density at radius 1 is 1.06 bits per heavy atom. The van der Waals surface area contributed by atoms with Gasteiger partial charge < -0.3 is 10.4 Å². The smallest absolute Gasteiger partial charge is 0.395 e. The summed E-state index contributed by atoms with van der Waals surface area (Å²) in [5, 5.41) is 9.28. The van der Waals surface area contributed by atoms with Crippen molar-refractivity contribution in [1.29, 1.82) is 0 Å². The van der Waals surface area contributed by atoms with Crippen LogP contribution in [0.5, 0.6) is 0 Å². The highest BCUT2D eigenvalue weighted by Crippen LogP contribution is 2.38. The molecule has 1 aromatic carbocycles. The third-order valence-electron chi connectivity index (χ3n) is 4.97. The maximum absolute atomic E-state index is 14.7. The highest BCUT2D eigenvalue weighted by molar-refractivity contribution is 7.91. The number of hydrogen-bond donors (Lipinski definition) is 2. The predicted octanol–water partition coefficient (Wildman–Crippen LogP) is 3.37. The van der Waals surface area contributed by atoms with E-state index in [1.54, 1.807) is 0 Å². The molecule has 2 aromatic heterocycles. The molecule has 0 spiro atoms. The Kier molecular flexibility index (Phi) is 7.50. The minimum Gasteiger partial charge on any atom is -0.395 e. The molecule has 1 atom stereocenters. The maximum Gasteiger partial charge on any atom is 0.433 e. The molecule has 2 N–H and O–H groups in total. The lowest BCUT2D eigenvalue weighted by molar-refractivity contribution is -0.141. The zero-order valence-electron chi connectivity index (χ0n) is 18.0. The van der Waals surface area contributed by atoms with Crippen LogP contribution in [0.4, 0.5) is 22.0 Å². The summed E-state index contributed by atoms with van der Waals surface area (Å²) in [7, 11) is -4.69. The summed E-state index contributed by atoms with van der Waals surface area (Å²) in [6.07, 6.45) is -3.33. The molecule has 13 heteroatoms. The first kappa shape index (κ1) is 26.2. The van der Waals surface area contributed by atoms with Crippen molar-refractivity contribution in [2.24, 2.45) is 0 Å². The van der Waals surface area contributed by atoms with Gasteiger partial charge in [-0.2, -0.15) is 13.2 Å². The monoisotopic (exact) mass is 515 g/mol. The zero-order chi connectivity index (χ0) is 26.0. The van der Waals surface area contributed by atoms with Gasteiger partial charge in [-0.1, -0.05) is 0 Å². The number of alkyl halides is 3. The number of aromatic nitrogens is 2. The second-order valence-electron chi connectivity index (χ2n) is 7.37. The molecule has 0 bridgehead atoms. The van der Waals surface area contributed by atoms with Crippen LogP contribution in [0.2, 0.25) is 0 Å². The number of aliphatic hydroxyl groups excluding tert-OH is 1. The van der Waals surface area contributed by atoms with E-state index in [9.17, 15) is 35.2 Å². The molecule has 1 amide bonds. The fraction of sp³-hybridized carbons (Fsp3) is 0.227. The minimum atomic E-state index is -4.82. The van der Waals surface area contributed by atoms with E-state index in [0.717, 1.165) is 18.3 Å². The third kappa shape index (κ3) is 5.62. The Bertz CT molecular complexity index is 1350. The van der Waals surface area contributed by atoms with Crippen molar-refractivity contribution in [2.75, 3.05) is 13.2 Å². The highest BCUT2D eigenvalue weighted by Gasteiger charge is 2.37. The highest BCUT2D eigenvalue weighted by atomic mass is 32.2. The first-order chi connectivity index (χ1) is 16.4. The number of amides is 1.